The van der Waals surface area contributed by atoms with Crippen LogP contribution in [0.2, 0.25) is 0 Å². The van der Waals surface area contributed by atoms with E-state index in [0.29, 0.717) is 0 Å². The van der Waals surface area contributed by atoms with Crippen LogP contribution < -0.4 is 5.32 Å². The maximum absolute atomic E-state index is 3.78. The van der Waals surface area contributed by atoms with Crippen LogP contribution in [0.1, 0.15) is 96.8 Å². The quantitative estimate of drug-likeness (QED) is 0.344. The van der Waals surface area contributed by atoms with Crippen LogP contribution in [0.5, 0.6) is 0 Å². The Morgan fingerprint density at radius 1 is 0.579 bits per heavy atom. The van der Waals surface area contributed by atoms with Crippen LogP contribution in [0.15, 0.2) is 0 Å². The molecule has 0 saturated carbocycles. The van der Waals surface area contributed by atoms with Crippen LogP contribution in [0, 0.1) is 6.92 Å². The second kappa shape index (κ2) is 18.0. The minimum atomic E-state index is 0.873. The molecule has 0 amide bonds. The fourth-order valence-corrected chi connectivity index (χ4v) is 2.57. The molecule has 0 spiro atoms. The Kier molecular flexibility index (Phi) is 17.9. The first-order valence-corrected chi connectivity index (χ1v) is 8.91. The van der Waals surface area contributed by atoms with Gasteiger partial charge in [0.15, 0.2) is 0 Å². The van der Waals surface area contributed by atoms with Gasteiger partial charge in [-0.25, -0.2) is 0 Å². The molecule has 1 nitrogen and oxygen atoms in total. The molecule has 19 heavy (non-hydrogen) atoms. The molecule has 0 heterocycles. The third-order valence-corrected chi connectivity index (χ3v) is 3.88. The van der Waals surface area contributed by atoms with Crippen LogP contribution in [0.3, 0.4) is 0 Å². The van der Waals surface area contributed by atoms with E-state index < -0.39 is 0 Å². The van der Waals surface area contributed by atoms with Gasteiger partial charge in [-0.3, -0.25) is 0 Å². The smallest absolute Gasteiger partial charge is 0.00484 e. The Morgan fingerprint density at radius 2 is 0.947 bits per heavy atom. The lowest BCUT2D eigenvalue weighted by molar-refractivity contribution is 0.532. The molecular weight excluding hydrogens is 230 g/mol. The van der Waals surface area contributed by atoms with Gasteiger partial charge in [0.2, 0.25) is 0 Å². The topological polar surface area (TPSA) is 12.0 Å². The average molecular weight is 269 g/mol. The lowest BCUT2D eigenvalue weighted by atomic mass is 10.0. The standard InChI is InChI=1S/C18H38N/c1-3-5-6-7-8-9-10-11-12-13-14-15-16-17-18-19-4-2/h19H,2-18H2,1H3. The molecular formula is C18H38N. The van der Waals surface area contributed by atoms with E-state index in [1.807, 2.05) is 0 Å². The van der Waals surface area contributed by atoms with E-state index in [1.54, 1.807) is 0 Å². The summed E-state index contributed by atoms with van der Waals surface area (Å²) in [6.45, 7) is 8.09. The number of unbranched alkanes of at least 4 members (excludes halogenated alkanes) is 13. The molecule has 115 valence electrons. The monoisotopic (exact) mass is 268 g/mol. The van der Waals surface area contributed by atoms with Crippen molar-refractivity contribution < 1.29 is 0 Å². The van der Waals surface area contributed by atoms with Crippen molar-refractivity contribution in [3.8, 4) is 0 Å². The molecule has 1 radical (unpaired) electrons. The lowest BCUT2D eigenvalue weighted by Gasteiger charge is -2.03. The van der Waals surface area contributed by atoms with Crippen molar-refractivity contribution in [2.24, 2.45) is 0 Å². The van der Waals surface area contributed by atoms with E-state index >= 15 is 0 Å². The molecule has 0 saturated heterocycles. The molecule has 0 aromatic carbocycles. The van der Waals surface area contributed by atoms with Gasteiger partial charge in [-0.1, -0.05) is 90.4 Å². The zero-order chi connectivity index (χ0) is 14.0. The summed E-state index contributed by atoms with van der Waals surface area (Å²) in [5, 5.41) is 3.28. The van der Waals surface area contributed by atoms with E-state index in [1.165, 1.54) is 89.9 Å². The van der Waals surface area contributed by atoms with Crippen LogP contribution in [-0.2, 0) is 0 Å². The summed E-state index contributed by atoms with van der Waals surface area (Å²) >= 11 is 0. The van der Waals surface area contributed by atoms with Gasteiger partial charge in [0.1, 0.15) is 0 Å². The molecule has 0 aliphatic carbocycles. The Hall–Kier alpha value is -0.0400. The molecule has 0 atom stereocenters. The molecule has 0 fully saturated rings. The van der Waals surface area contributed by atoms with Crippen molar-refractivity contribution in [3.63, 3.8) is 0 Å². The minimum absolute atomic E-state index is 0.873. The van der Waals surface area contributed by atoms with Gasteiger partial charge in [-0.2, -0.15) is 0 Å². The Labute approximate surface area is 122 Å². The molecule has 1 heteroatoms. The molecule has 0 aliphatic rings. The predicted molar refractivity (Wildman–Crippen MR) is 88.5 cm³/mol. The second-order valence-electron chi connectivity index (χ2n) is 5.85. The van der Waals surface area contributed by atoms with Crippen LogP contribution in [-0.4, -0.2) is 13.1 Å². The summed E-state index contributed by atoms with van der Waals surface area (Å²) in [5.41, 5.74) is 0. The number of rotatable bonds is 16. The molecule has 0 aliphatic heterocycles. The first kappa shape index (κ1) is 19.0. The third kappa shape index (κ3) is 18.0. The van der Waals surface area contributed by atoms with Crippen LogP contribution in [0.4, 0.5) is 0 Å². The lowest BCUT2D eigenvalue weighted by Crippen LogP contribution is -2.13. The molecule has 0 aromatic rings. The summed E-state index contributed by atoms with van der Waals surface area (Å²) in [6, 6.07) is 0. The zero-order valence-corrected chi connectivity index (χ0v) is 13.5. The Morgan fingerprint density at radius 3 is 1.32 bits per heavy atom. The summed E-state index contributed by atoms with van der Waals surface area (Å²) in [7, 11) is 0. The van der Waals surface area contributed by atoms with Gasteiger partial charge in [0.05, 0.1) is 0 Å². The van der Waals surface area contributed by atoms with E-state index in [2.05, 4.69) is 19.2 Å². The highest BCUT2D eigenvalue weighted by Gasteiger charge is 1.93. The predicted octanol–water partition coefficient (Wildman–Crippen LogP) is 5.89. The van der Waals surface area contributed by atoms with Gasteiger partial charge in [-0.05, 0) is 26.4 Å². The maximum atomic E-state index is 3.78. The summed E-state index contributed by atoms with van der Waals surface area (Å²) < 4.78 is 0. The third-order valence-electron chi connectivity index (χ3n) is 3.88. The van der Waals surface area contributed by atoms with Crippen molar-refractivity contribution in [2.45, 2.75) is 96.8 Å². The fourth-order valence-electron chi connectivity index (χ4n) is 2.57. The number of hydrogen-bond acceptors (Lipinski definition) is 1. The molecule has 0 rings (SSSR count). The number of nitrogens with one attached hydrogen (secondary N) is 1. The van der Waals surface area contributed by atoms with Crippen molar-refractivity contribution in [1.29, 1.82) is 0 Å². The van der Waals surface area contributed by atoms with Gasteiger partial charge in [0, 0.05) is 0 Å². The van der Waals surface area contributed by atoms with Crippen molar-refractivity contribution in [1.82, 2.24) is 5.32 Å². The van der Waals surface area contributed by atoms with E-state index in [0.717, 1.165) is 13.1 Å². The normalized spacial score (nSPS) is 11.1. The maximum Gasteiger partial charge on any atom is -0.00484 e. The SMILES string of the molecule is [CH2]CNCCCCCCCCCCCCCCCC. The van der Waals surface area contributed by atoms with E-state index in [9.17, 15) is 0 Å². The minimum Gasteiger partial charge on any atom is -0.317 e. The first-order valence-electron chi connectivity index (χ1n) is 8.91. The van der Waals surface area contributed by atoms with Gasteiger partial charge in [-0.15, -0.1) is 0 Å². The second-order valence-corrected chi connectivity index (χ2v) is 5.85. The average Bonchev–Trinajstić information content (AvgIpc) is 2.43. The van der Waals surface area contributed by atoms with Gasteiger partial charge < -0.3 is 5.32 Å². The largest absolute Gasteiger partial charge is 0.317 e. The summed E-state index contributed by atoms with van der Waals surface area (Å²) in [6.07, 6.45) is 20.1. The van der Waals surface area contributed by atoms with Crippen molar-refractivity contribution >= 4 is 0 Å². The first-order chi connectivity index (χ1) is 9.41. The van der Waals surface area contributed by atoms with Crippen LogP contribution in [0.25, 0.3) is 0 Å². The Balaban J connectivity index is 2.88. The number of hydrogen-bond donors (Lipinski definition) is 1. The van der Waals surface area contributed by atoms with E-state index in [4.69, 9.17) is 0 Å². The molecule has 0 unspecified atom stereocenters. The molecule has 0 bridgehead atoms. The summed E-state index contributed by atoms with van der Waals surface area (Å²) in [4.78, 5) is 0. The van der Waals surface area contributed by atoms with Gasteiger partial charge >= 0.3 is 0 Å². The highest BCUT2D eigenvalue weighted by Crippen LogP contribution is 2.12. The van der Waals surface area contributed by atoms with Crippen molar-refractivity contribution in [3.05, 3.63) is 6.92 Å². The zero-order valence-electron chi connectivity index (χ0n) is 13.5. The van der Waals surface area contributed by atoms with E-state index in [-0.39, 0.29) is 0 Å². The molecule has 1 N–H and O–H groups in total. The highest BCUT2D eigenvalue weighted by molar-refractivity contribution is 4.51. The Bertz CT molecular complexity index is 129. The summed E-state index contributed by atoms with van der Waals surface area (Å²) in [5.74, 6) is 0. The van der Waals surface area contributed by atoms with Gasteiger partial charge in [0.25, 0.3) is 0 Å². The fraction of sp³-hybridized carbons (Fsp3) is 0.944. The highest BCUT2D eigenvalue weighted by atomic mass is 14.8. The van der Waals surface area contributed by atoms with Crippen molar-refractivity contribution in [2.75, 3.05) is 13.1 Å². The van der Waals surface area contributed by atoms with Crippen LogP contribution >= 0.6 is 0 Å². The molecule has 0 aromatic heterocycles.